The lowest BCUT2D eigenvalue weighted by molar-refractivity contribution is -0.384. The molecule has 0 saturated carbocycles. The van der Waals surface area contributed by atoms with Crippen LogP contribution in [0.5, 0.6) is 11.5 Å². The van der Waals surface area contributed by atoms with Crippen molar-refractivity contribution in [2.75, 3.05) is 12.5 Å². The van der Waals surface area contributed by atoms with Crippen LogP contribution in [0.4, 0.5) is 21.0 Å². The normalized spacial score (nSPS) is 10.4. The van der Waals surface area contributed by atoms with Gasteiger partial charge in [-0.3, -0.25) is 20.3 Å². The zero-order valence-electron chi connectivity index (χ0n) is 18.0. The number of carbonyl (C=O) groups excluding carboxylic acids is 2. The number of tetrazole rings is 1. The van der Waals surface area contributed by atoms with E-state index in [-0.39, 0.29) is 29.3 Å². The third-order valence-corrected chi connectivity index (χ3v) is 5.29. The van der Waals surface area contributed by atoms with Gasteiger partial charge in [0.15, 0.2) is 0 Å². The Morgan fingerprint density at radius 1 is 1.26 bits per heavy atom. The lowest BCUT2D eigenvalue weighted by Crippen LogP contribution is -2.32. The minimum absolute atomic E-state index is 0.0265. The molecule has 0 aliphatic rings. The summed E-state index contributed by atoms with van der Waals surface area (Å²) in [5.74, 6) is 0.0883. The number of non-ortho nitro benzene ring substituents is 1. The van der Waals surface area contributed by atoms with Gasteiger partial charge in [-0.05, 0) is 47.7 Å². The van der Waals surface area contributed by atoms with Crippen LogP contribution in [0.3, 0.4) is 0 Å². The number of amides is 2. The molecule has 15 heteroatoms. The van der Waals surface area contributed by atoms with Gasteiger partial charge in [0.2, 0.25) is 5.16 Å². The number of anilines is 1. The molecule has 3 N–H and O–H groups in total. The first-order valence-corrected chi connectivity index (χ1v) is 10.6. The maximum Gasteiger partial charge on any atom is 0.431 e. The number of rotatable bonds is 8. The fraction of sp³-hybridized carbons (Fsp3) is 0.211. The van der Waals surface area contributed by atoms with Crippen molar-refractivity contribution in [1.29, 1.82) is 0 Å². The molecule has 0 bridgehead atoms. The zero-order valence-corrected chi connectivity index (χ0v) is 18.9. The summed E-state index contributed by atoms with van der Waals surface area (Å²) in [4.78, 5) is 36.8. The Hall–Kier alpha value is -4.40. The predicted molar refractivity (Wildman–Crippen MR) is 120 cm³/mol. The van der Waals surface area contributed by atoms with Gasteiger partial charge in [0.25, 0.3) is 10.9 Å². The number of aryl methyl sites for hydroxylation is 1. The summed E-state index contributed by atoms with van der Waals surface area (Å²) >= 11 is 0.798. The number of thioether (sulfide) groups is 1. The highest BCUT2D eigenvalue weighted by Gasteiger charge is 2.20. The minimum Gasteiger partial charge on any atom is -0.508 e. The number of aromatic nitrogens is 4. The van der Waals surface area contributed by atoms with Gasteiger partial charge in [-0.15, -0.1) is 5.10 Å². The van der Waals surface area contributed by atoms with Gasteiger partial charge in [0, 0.05) is 43.1 Å². The lowest BCUT2D eigenvalue weighted by Gasteiger charge is -2.18. The van der Waals surface area contributed by atoms with Crippen molar-refractivity contribution in [1.82, 2.24) is 30.5 Å². The van der Waals surface area contributed by atoms with E-state index in [1.165, 1.54) is 59.1 Å². The van der Waals surface area contributed by atoms with Crippen molar-refractivity contribution in [2.45, 2.75) is 25.2 Å². The summed E-state index contributed by atoms with van der Waals surface area (Å²) in [5.41, 5.74) is 5.41. The molecule has 178 valence electrons. The molecule has 0 fully saturated rings. The van der Waals surface area contributed by atoms with Crippen molar-refractivity contribution in [2.24, 2.45) is 0 Å². The molecule has 0 spiro atoms. The summed E-state index contributed by atoms with van der Waals surface area (Å²) in [6.45, 7) is 2.21. The van der Waals surface area contributed by atoms with Gasteiger partial charge in [-0.1, -0.05) is 0 Å². The molecule has 0 aliphatic heterocycles. The smallest absolute Gasteiger partial charge is 0.431 e. The zero-order chi connectivity index (χ0) is 24.7. The third kappa shape index (κ3) is 6.32. The summed E-state index contributed by atoms with van der Waals surface area (Å²) in [7, 11) is 1.49. The van der Waals surface area contributed by atoms with Gasteiger partial charge in [0.05, 0.1) is 17.2 Å². The van der Waals surface area contributed by atoms with Crippen LogP contribution in [0.15, 0.2) is 47.6 Å². The Morgan fingerprint density at radius 2 is 2.00 bits per heavy atom. The summed E-state index contributed by atoms with van der Waals surface area (Å²) in [6.07, 6.45) is -0.895. The molecular formula is C19H20N8O6S. The van der Waals surface area contributed by atoms with Crippen molar-refractivity contribution < 1.29 is 24.4 Å². The fourth-order valence-electron chi connectivity index (χ4n) is 2.64. The van der Waals surface area contributed by atoms with Gasteiger partial charge in [0.1, 0.15) is 11.5 Å². The maximum absolute atomic E-state index is 12.6. The largest absolute Gasteiger partial charge is 0.508 e. The van der Waals surface area contributed by atoms with Crippen molar-refractivity contribution in [3.63, 3.8) is 0 Å². The highest BCUT2D eigenvalue weighted by atomic mass is 32.2. The van der Waals surface area contributed by atoms with Crippen molar-refractivity contribution in [3.05, 3.63) is 58.1 Å². The van der Waals surface area contributed by atoms with Crippen LogP contribution in [-0.2, 0) is 13.1 Å². The quantitative estimate of drug-likeness (QED) is 0.184. The van der Waals surface area contributed by atoms with Crippen LogP contribution in [0.1, 0.15) is 12.5 Å². The number of benzene rings is 2. The SMILES string of the molecule is CCn1nnnc1SC(=O)N(C)Cc1cc([N+](=O)[O-])ccc1OC(=O)NNc1ccc(O)cc1. The van der Waals surface area contributed by atoms with Crippen molar-refractivity contribution in [3.8, 4) is 11.5 Å². The Labute approximate surface area is 197 Å². The first-order chi connectivity index (χ1) is 16.3. The van der Waals surface area contributed by atoms with E-state index in [1.54, 1.807) is 0 Å². The van der Waals surface area contributed by atoms with Crippen LogP contribution < -0.4 is 15.6 Å². The van der Waals surface area contributed by atoms with Crippen LogP contribution in [-0.4, -0.2) is 53.5 Å². The monoisotopic (exact) mass is 488 g/mol. The second-order valence-electron chi connectivity index (χ2n) is 6.74. The standard InChI is InChI=1S/C19H20N8O6S/c1-3-26-17(21-23-24-26)34-19(30)25(2)11-12-10-14(27(31)32)6-9-16(12)33-18(29)22-20-13-4-7-15(28)8-5-13/h4-10,20,28H,3,11H2,1-2H3,(H,22,29). The Bertz CT molecular complexity index is 1190. The van der Waals surface area contributed by atoms with Crippen LogP contribution in [0.25, 0.3) is 0 Å². The van der Waals surface area contributed by atoms with E-state index in [9.17, 15) is 24.8 Å². The number of phenols is 1. The lowest BCUT2D eigenvalue weighted by atomic mass is 10.1. The third-order valence-electron chi connectivity index (χ3n) is 4.33. The molecule has 1 aromatic heterocycles. The van der Waals surface area contributed by atoms with Crippen LogP contribution in [0, 0.1) is 10.1 Å². The van der Waals surface area contributed by atoms with Crippen LogP contribution in [0.2, 0.25) is 0 Å². The highest BCUT2D eigenvalue weighted by molar-refractivity contribution is 8.13. The number of nitrogens with zero attached hydrogens (tertiary/aromatic N) is 6. The summed E-state index contributed by atoms with van der Waals surface area (Å²) < 4.78 is 6.73. The van der Waals surface area contributed by atoms with Crippen LogP contribution >= 0.6 is 11.8 Å². The molecule has 0 radical (unpaired) electrons. The van der Waals surface area contributed by atoms with Gasteiger partial charge >= 0.3 is 6.09 Å². The molecule has 3 rings (SSSR count). The van der Waals surface area contributed by atoms with E-state index in [0.29, 0.717) is 17.4 Å². The number of phenolic OH excluding ortho intramolecular Hbond substituents is 1. The van der Waals surface area contributed by atoms with Gasteiger partial charge < -0.3 is 14.7 Å². The first kappa shape index (κ1) is 24.2. The molecule has 14 nitrogen and oxygen atoms in total. The Morgan fingerprint density at radius 3 is 2.68 bits per heavy atom. The number of nitro benzene ring substituents is 1. The van der Waals surface area contributed by atoms with E-state index in [1.807, 2.05) is 6.92 Å². The molecular weight excluding hydrogens is 468 g/mol. The molecule has 1 heterocycles. The molecule has 0 atom stereocenters. The summed E-state index contributed by atoms with van der Waals surface area (Å²) in [5, 5.41) is 31.5. The number of nitrogens with one attached hydrogen (secondary N) is 2. The van der Waals surface area contributed by atoms with E-state index < -0.39 is 16.3 Å². The fourth-order valence-corrected chi connectivity index (χ4v) is 3.36. The predicted octanol–water partition coefficient (Wildman–Crippen LogP) is 2.77. The van der Waals surface area contributed by atoms with E-state index >= 15 is 0 Å². The first-order valence-electron chi connectivity index (χ1n) is 9.76. The van der Waals surface area contributed by atoms with Crippen molar-refractivity contribution >= 4 is 34.5 Å². The Kier molecular flexibility index (Phi) is 7.81. The molecule has 2 aromatic carbocycles. The highest BCUT2D eigenvalue weighted by Crippen LogP contribution is 2.27. The molecule has 3 aromatic rings. The number of hydrogen-bond acceptors (Lipinski definition) is 11. The average Bonchev–Trinajstić information content (AvgIpc) is 3.26. The second kappa shape index (κ2) is 11.0. The van der Waals surface area contributed by atoms with Gasteiger partial charge in [-0.25, -0.2) is 14.9 Å². The van der Waals surface area contributed by atoms with E-state index in [2.05, 4.69) is 26.4 Å². The number of ether oxygens (including phenoxy) is 1. The van der Waals surface area contributed by atoms with Gasteiger partial charge in [-0.2, -0.15) is 0 Å². The van der Waals surface area contributed by atoms with E-state index in [0.717, 1.165) is 11.8 Å². The maximum atomic E-state index is 12.6. The number of carbonyl (C=O) groups is 2. The second-order valence-corrected chi connectivity index (χ2v) is 7.66. The number of hydrogen-bond donors (Lipinski definition) is 3. The molecule has 0 saturated heterocycles. The molecule has 0 unspecified atom stereocenters. The molecule has 0 aliphatic carbocycles. The molecule has 34 heavy (non-hydrogen) atoms. The number of hydrazine groups is 1. The van der Waals surface area contributed by atoms with E-state index in [4.69, 9.17) is 4.74 Å². The Balaban J connectivity index is 1.70. The summed E-state index contributed by atoms with van der Waals surface area (Å²) in [6, 6.07) is 9.59. The number of nitro groups is 1. The topological polar surface area (TPSA) is 178 Å². The molecule has 2 amide bonds. The average molecular weight is 488 g/mol. The minimum atomic E-state index is -0.895. The number of aromatic hydroxyl groups is 1.